The zero-order valence-electron chi connectivity index (χ0n) is 11.2. The third-order valence-electron chi connectivity index (χ3n) is 4.23. The first kappa shape index (κ1) is 14.1. The van der Waals surface area contributed by atoms with Crippen LogP contribution in [0.1, 0.15) is 51.4 Å². The topological polar surface area (TPSA) is 18.5 Å². The number of alkyl halides is 2. The number of methoxy groups -OCH3 is 2. The van der Waals surface area contributed by atoms with E-state index in [0.29, 0.717) is 33.4 Å². The predicted octanol–water partition coefficient (Wildman–Crippen LogP) is -0.00940. The summed E-state index contributed by atoms with van der Waals surface area (Å²) in [5, 5.41) is 0. The molecule has 0 unspecified atom stereocenters. The van der Waals surface area contributed by atoms with Gasteiger partial charge in [-0.05, 0) is 51.4 Å². The van der Waals surface area contributed by atoms with Gasteiger partial charge in [0, 0.05) is 14.2 Å². The van der Waals surface area contributed by atoms with Gasteiger partial charge in [-0.15, -0.1) is 0 Å². The summed E-state index contributed by atoms with van der Waals surface area (Å²) in [7, 11) is 3.73. The fraction of sp³-hybridized carbons (Fsp3) is 1.00. The molecule has 17 heavy (non-hydrogen) atoms. The van der Waals surface area contributed by atoms with Gasteiger partial charge in [0.25, 0.3) is 21.2 Å². The lowest BCUT2D eigenvalue weighted by atomic mass is 9.98. The molecule has 0 heterocycles. The number of halogens is 1. The van der Waals surface area contributed by atoms with E-state index in [0.717, 1.165) is 7.85 Å². The van der Waals surface area contributed by atoms with E-state index in [4.69, 9.17) is 9.47 Å². The van der Waals surface area contributed by atoms with Crippen LogP contribution < -0.4 is 21.2 Å². The molecule has 0 bridgehead atoms. The van der Waals surface area contributed by atoms with Crippen molar-refractivity contribution in [1.29, 1.82) is 0 Å². The second kappa shape index (κ2) is 7.29. The highest BCUT2D eigenvalue weighted by atomic mass is 127. The highest BCUT2D eigenvalue weighted by Gasteiger charge is 2.37. The minimum atomic E-state index is 0.422. The van der Waals surface area contributed by atoms with Crippen molar-refractivity contribution in [3.8, 4) is 0 Å². The lowest BCUT2D eigenvalue weighted by Crippen LogP contribution is -3.68. The molecular weight excluding hydrogens is 327 g/mol. The molecule has 0 aromatic rings. The molecule has 0 radical (unpaired) electrons. The summed E-state index contributed by atoms with van der Waals surface area (Å²) in [5.74, 6) is 0. The van der Waals surface area contributed by atoms with Crippen LogP contribution in [0.2, 0.25) is 0 Å². The smallest absolute Gasteiger partial charge is 0.275 e. The minimum Gasteiger partial charge on any atom is -0.381 e. The van der Waals surface area contributed by atoms with Crippen LogP contribution in [-0.4, -0.2) is 34.3 Å². The Kier molecular flexibility index (Phi) is 6.03. The van der Waals surface area contributed by atoms with Crippen molar-refractivity contribution >= 4 is 0 Å². The summed E-state index contributed by atoms with van der Waals surface area (Å²) in [4.78, 5) is 0. The van der Waals surface area contributed by atoms with E-state index in [-0.39, 0.29) is 0 Å². The van der Waals surface area contributed by atoms with Crippen molar-refractivity contribution in [2.45, 2.75) is 71.4 Å². The zero-order valence-corrected chi connectivity index (χ0v) is 13.3. The Hall–Kier alpha value is 0.650. The molecule has 3 heteroatoms. The fourth-order valence-electron chi connectivity index (χ4n) is 3.02. The predicted molar refractivity (Wildman–Crippen MR) is 66.1 cm³/mol. The Morgan fingerprint density at radius 1 is 0.647 bits per heavy atom. The largest absolute Gasteiger partial charge is 0.381 e. The van der Waals surface area contributed by atoms with Gasteiger partial charge in [0.15, 0.2) is 7.85 Å². The van der Waals surface area contributed by atoms with E-state index >= 15 is 0 Å². The fourth-order valence-corrected chi connectivity index (χ4v) is 7.33. The minimum absolute atomic E-state index is 0.422. The van der Waals surface area contributed by atoms with Crippen LogP contribution >= 0.6 is 0 Å². The Labute approximate surface area is 116 Å². The molecule has 0 amide bonds. The molecule has 2 aliphatic carbocycles. The third-order valence-corrected chi connectivity index (χ3v) is 8.76. The molecule has 2 saturated carbocycles. The molecule has 0 spiro atoms. The average Bonchev–Trinajstić information content (AvgIpc) is 2.40. The van der Waals surface area contributed by atoms with Gasteiger partial charge in [-0.25, -0.2) is 0 Å². The van der Waals surface area contributed by atoms with E-state index in [2.05, 4.69) is 0 Å². The summed E-state index contributed by atoms with van der Waals surface area (Å²) in [6.07, 6.45) is 12.2. The summed E-state index contributed by atoms with van der Waals surface area (Å²) in [5.41, 5.74) is 0. The summed E-state index contributed by atoms with van der Waals surface area (Å²) < 4.78 is 13.1. The van der Waals surface area contributed by atoms with Gasteiger partial charge in [-0.3, -0.25) is 0 Å². The maximum atomic E-state index is 5.45. The first-order valence-corrected chi connectivity index (χ1v) is 9.48. The van der Waals surface area contributed by atoms with Crippen molar-refractivity contribution in [1.82, 2.24) is 0 Å². The number of hydrogen-bond acceptors (Lipinski definition) is 2. The summed E-state index contributed by atoms with van der Waals surface area (Å²) >= 11 is 0.422. The SMILES string of the molecule is COC1CCC([I+]C2CCC(OC)CC2)CC1. The molecule has 100 valence electrons. The van der Waals surface area contributed by atoms with Crippen molar-refractivity contribution in [2.24, 2.45) is 0 Å². The molecule has 0 atom stereocenters. The van der Waals surface area contributed by atoms with Crippen LogP contribution in [0.5, 0.6) is 0 Å². The van der Waals surface area contributed by atoms with Crippen LogP contribution in [0.3, 0.4) is 0 Å². The molecule has 0 aromatic carbocycles. The quantitative estimate of drug-likeness (QED) is 0.523. The highest BCUT2D eigenvalue weighted by Crippen LogP contribution is 2.20. The second-order valence-electron chi connectivity index (χ2n) is 5.35. The van der Waals surface area contributed by atoms with Gasteiger partial charge in [0.2, 0.25) is 0 Å². The van der Waals surface area contributed by atoms with Crippen molar-refractivity contribution in [3.63, 3.8) is 0 Å². The first-order valence-electron chi connectivity index (χ1n) is 6.99. The lowest BCUT2D eigenvalue weighted by Gasteiger charge is -2.25. The van der Waals surface area contributed by atoms with Crippen LogP contribution in [0.25, 0.3) is 0 Å². The monoisotopic (exact) mass is 353 g/mol. The van der Waals surface area contributed by atoms with Gasteiger partial charge < -0.3 is 9.47 Å². The molecular formula is C14H26IO2+. The molecule has 0 aliphatic heterocycles. The maximum absolute atomic E-state index is 5.45. The van der Waals surface area contributed by atoms with Gasteiger partial charge >= 0.3 is 0 Å². The van der Waals surface area contributed by atoms with E-state index in [1.807, 2.05) is 14.2 Å². The van der Waals surface area contributed by atoms with Crippen LogP contribution in [0.4, 0.5) is 0 Å². The van der Waals surface area contributed by atoms with E-state index in [1.54, 1.807) is 0 Å². The van der Waals surface area contributed by atoms with Crippen molar-refractivity contribution < 1.29 is 30.7 Å². The van der Waals surface area contributed by atoms with Crippen molar-refractivity contribution in [3.05, 3.63) is 0 Å². The normalized spacial score (nSPS) is 39.2. The van der Waals surface area contributed by atoms with Crippen LogP contribution in [0, 0.1) is 0 Å². The van der Waals surface area contributed by atoms with Gasteiger partial charge in [0.1, 0.15) is 0 Å². The Bertz CT molecular complexity index is 184. The molecule has 2 rings (SSSR count). The van der Waals surface area contributed by atoms with Crippen LogP contribution in [0.15, 0.2) is 0 Å². The molecule has 2 aliphatic rings. The Morgan fingerprint density at radius 3 is 1.29 bits per heavy atom. The molecule has 2 nitrogen and oxygen atoms in total. The first-order chi connectivity index (χ1) is 8.31. The average molecular weight is 353 g/mol. The number of rotatable bonds is 4. The third kappa shape index (κ3) is 4.35. The summed E-state index contributed by atoms with van der Waals surface area (Å²) in [6.45, 7) is 0. The Morgan fingerprint density at radius 2 is 1.00 bits per heavy atom. The van der Waals surface area contributed by atoms with Gasteiger partial charge in [-0.1, -0.05) is 0 Å². The maximum Gasteiger partial charge on any atom is 0.275 e. The van der Waals surface area contributed by atoms with E-state index in [9.17, 15) is 0 Å². The standard InChI is InChI=1S/C14H26IO2/c1-16-13-7-3-11(4-8-13)15-12-5-9-14(17-2)10-6-12/h11-14H,3-10H2,1-2H3/q+1. The van der Waals surface area contributed by atoms with E-state index in [1.165, 1.54) is 51.4 Å². The number of ether oxygens (including phenoxy) is 2. The highest BCUT2D eigenvalue weighted by molar-refractivity contribution is 4.74. The second-order valence-corrected chi connectivity index (χ2v) is 9.59. The van der Waals surface area contributed by atoms with Gasteiger partial charge in [-0.2, -0.15) is 0 Å². The molecule has 2 fully saturated rings. The number of hydrogen-bond donors (Lipinski definition) is 0. The van der Waals surface area contributed by atoms with E-state index < -0.39 is 0 Å². The lowest BCUT2D eigenvalue weighted by molar-refractivity contribution is -0.726. The van der Waals surface area contributed by atoms with Crippen LogP contribution in [-0.2, 0) is 9.47 Å². The summed E-state index contributed by atoms with van der Waals surface area (Å²) in [6, 6.07) is 0. The van der Waals surface area contributed by atoms with Gasteiger partial charge in [0.05, 0.1) is 12.2 Å². The Balaban J connectivity index is 1.65. The molecule has 0 aromatic heterocycles. The van der Waals surface area contributed by atoms with Crippen molar-refractivity contribution in [2.75, 3.05) is 14.2 Å². The molecule has 0 saturated heterocycles. The molecule has 0 N–H and O–H groups in total. The zero-order chi connectivity index (χ0) is 12.1.